The zero-order valence-electron chi connectivity index (χ0n) is 20.7. The molecule has 1 fully saturated rings. The lowest BCUT2D eigenvalue weighted by molar-refractivity contribution is -0.121. The zero-order valence-corrected chi connectivity index (χ0v) is 21.5. The molecule has 1 atom stereocenters. The van der Waals surface area contributed by atoms with E-state index < -0.39 is 10.0 Å². The van der Waals surface area contributed by atoms with E-state index in [1.54, 1.807) is 23.3 Å². The molecule has 2 aliphatic heterocycles. The van der Waals surface area contributed by atoms with Crippen molar-refractivity contribution >= 4 is 21.7 Å². The second kappa shape index (κ2) is 10.3. The Balaban J connectivity index is 1.28. The average Bonchev–Trinajstić information content (AvgIpc) is 3.55. The number of aryl methyl sites for hydroxylation is 1. The molecule has 3 aromatic rings. The lowest BCUT2D eigenvalue weighted by Crippen LogP contribution is -2.56. The van der Waals surface area contributed by atoms with Crippen LogP contribution < -0.4 is 19.7 Å². The van der Waals surface area contributed by atoms with Crippen LogP contribution in [0.15, 0.2) is 43.0 Å². The Bertz CT molecular complexity index is 1380. The van der Waals surface area contributed by atoms with E-state index in [0.29, 0.717) is 43.6 Å². The SMILES string of the molecule is Cc1cc(N2CCN(S(C)(=O)=O)CC2CC(=O)NCCc2ccc3c(c2)OCO3)nc(-n2ccnc2)n1. The quantitative estimate of drug-likeness (QED) is 0.454. The number of hydrogen-bond acceptors (Lipinski definition) is 9. The average molecular weight is 528 g/mol. The summed E-state index contributed by atoms with van der Waals surface area (Å²) in [6.45, 7) is 3.44. The van der Waals surface area contributed by atoms with Crippen molar-refractivity contribution in [1.29, 1.82) is 0 Å². The van der Waals surface area contributed by atoms with Crippen molar-refractivity contribution in [2.24, 2.45) is 0 Å². The molecule has 1 N–H and O–H groups in total. The number of fused-ring (bicyclic) bond motifs is 1. The minimum absolute atomic E-state index is 0.122. The highest BCUT2D eigenvalue weighted by Crippen LogP contribution is 2.32. The molecule has 0 radical (unpaired) electrons. The summed E-state index contributed by atoms with van der Waals surface area (Å²) in [6, 6.07) is 7.18. The molecule has 196 valence electrons. The van der Waals surface area contributed by atoms with E-state index in [0.717, 1.165) is 17.0 Å². The molecule has 4 heterocycles. The fourth-order valence-corrected chi connectivity index (χ4v) is 5.37. The number of benzene rings is 1. The number of ether oxygens (including phenoxy) is 2. The maximum atomic E-state index is 12.9. The number of nitrogens with zero attached hydrogens (tertiary/aromatic N) is 6. The van der Waals surface area contributed by atoms with E-state index in [1.807, 2.05) is 36.1 Å². The number of hydrogen-bond donors (Lipinski definition) is 1. The van der Waals surface area contributed by atoms with E-state index >= 15 is 0 Å². The number of anilines is 1. The van der Waals surface area contributed by atoms with Gasteiger partial charge in [-0.3, -0.25) is 9.36 Å². The number of carbonyl (C=O) groups excluding carboxylic acids is 1. The van der Waals surface area contributed by atoms with Gasteiger partial charge in [-0.1, -0.05) is 6.07 Å². The first-order valence-electron chi connectivity index (χ1n) is 12.0. The van der Waals surface area contributed by atoms with Crippen molar-refractivity contribution in [3.05, 3.63) is 54.2 Å². The van der Waals surface area contributed by atoms with Gasteiger partial charge in [-0.15, -0.1) is 0 Å². The second-order valence-corrected chi connectivity index (χ2v) is 11.1. The van der Waals surface area contributed by atoms with Crippen LogP contribution in [0.5, 0.6) is 11.5 Å². The summed E-state index contributed by atoms with van der Waals surface area (Å²) in [5.74, 6) is 2.37. The third kappa shape index (κ3) is 5.83. The van der Waals surface area contributed by atoms with Crippen molar-refractivity contribution in [3.8, 4) is 17.4 Å². The minimum atomic E-state index is -3.40. The van der Waals surface area contributed by atoms with Crippen LogP contribution in [0.4, 0.5) is 5.82 Å². The van der Waals surface area contributed by atoms with Crippen molar-refractivity contribution in [1.82, 2.24) is 29.1 Å². The Morgan fingerprint density at radius 2 is 2.00 bits per heavy atom. The lowest BCUT2D eigenvalue weighted by atomic mass is 10.1. The van der Waals surface area contributed by atoms with Gasteiger partial charge in [0.05, 0.1) is 12.3 Å². The second-order valence-electron chi connectivity index (χ2n) is 9.10. The Hall–Kier alpha value is -3.71. The predicted molar refractivity (Wildman–Crippen MR) is 135 cm³/mol. The number of amides is 1. The number of aromatic nitrogens is 4. The van der Waals surface area contributed by atoms with Crippen LogP contribution in [0.3, 0.4) is 0 Å². The monoisotopic (exact) mass is 527 g/mol. The Morgan fingerprint density at radius 1 is 1.16 bits per heavy atom. The number of sulfonamides is 1. The van der Waals surface area contributed by atoms with Crippen molar-refractivity contribution in [2.75, 3.05) is 44.1 Å². The van der Waals surface area contributed by atoms with Crippen LogP contribution in [-0.4, -0.2) is 83.4 Å². The van der Waals surface area contributed by atoms with Gasteiger partial charge in [-0.2, -0.15) is 9.29 Å². The van der Waals surface area contributed by atoms with Crippen LogP contribution >= 0.6 is 0 Å². The summed E-state index contributed by atoms with van der Waals surface area (Å²) in [5.41, 5.74) is 1.78. The third-order valence-electron chi connectivity index (χ3n) is 6.37. The first-order chi connectivity index (χ1) is 17.8. The predicted octanol–water partition coefficient (Wildman–Crippen LogP) is 0.899. The highest BCUT2D eigenvalue weighted by molar-refractivity contribution is 7.88. The fourth-order valence-electron chi connectivity index (χ4n) is 4.51. The summed E-state index contributed by atoms with van der Waals surface area (Å²) in [5, 5.41) is 2.97. The number of carbonyl (C=O) groups is 1. The molecule has 1 unspecified atom stereocenters. The number of nitrogens with one attached hydrogen (secondary N) is 1. The zero-order chi connectivity index (χ0) is 26.0. The first-order valence-corrected chi connectivity index (χ1v) is 13.8. The van der Waals surface area contributed by atoms with Crippen LogP contribution in [0.1, 0.15) is 17.7 Å². The number of rotatable bonds is 8. The summed E-state index contributed by atoms with van der Waals surface area (Å²) < 4.78 is 38.4. The van der Waals surface area contributed by atoms with Crippen LogP contribution in [0.2, 0.25) is 0 Å². The van der Waals surface area contributed by atoms with Gasteiger partial charge in [0.15, 0.2) is 11.5 Å². The number of piperazine rings is 1. The third-order valence-corrected chi connectivity index (χ3v) is 7.64. The van der Waals surface area contributed by atoms with Gasteiger partial charge >= 0.3 is 0 Å². The molecule has 5 rings (SSSR count). The Kier molecular flexibility index (Phi) is 6.98. The maximum Gasteiger partial charge on any atom is 0.237 e. The molecule has 2 aromatic heterocycles. The first kappa shape index (κ1) is 25.0. The maximum absolute atomic E-state index is 12.9. The summed E-state index contributed by atoms with van der Waals surface area (Å²) in [4.78, 5) is 28.2. The van der Waals surface area contributed by atoms with Gasteiger partial charge in [-0.25, -0.2) is 18.4 Å². The molecule has 1 saturated heterocycles. The lowest BCUT2D eigenvalue weighted by Gasteiger charge is -2.41. The molecular weight excluding hydrogens is 498 g/mol. The van der Waals surface area contributed by atoms with Gasteiger partial charge in [0.1, 0.15) is 12.1 Å². The molecule has 2 aliphatic rings. The molecular formula is C24H29N7O5S. The van der Waals surface area contributed by atoms with Gasteiger partial charge in [0, 0.05) is 56.8 Å². The van der Waals surface area contributed by atoms with E-state index in [-0.39, 0.29) is 31.7 Å². The molecule has 37 heavy (non-hydrogen) atoms. The van der Waals surface area contributed by atoms with E-state index in [9.17, 15) is 13.2 Å². The van der Waals surface area contributed by atoms with Gasteiger partial charge < -0.3 is 19.7 Å². The van der Waals surface area contributed by atoms with E-state index in [1.165, 1.54) is 10.6 Å². The highest BCUT2D eigenvalue weighted by atomic mass is 32.2. The molecule has 0 spiro atoms. The van der Waals surface area contributed by atoms with E-state index in [2.05, 4.69) is 15.3 Å². The summed E-state index contributed by atoms with van der Waals surface area (Å²) in [7, 11) is -3.40. The van der Waals surface area contributed by atoms with Crippen molar-refractivity contribution in [3.63, 3.8) is 0 Å². The van der Waals surface area contributed by atoms with Crippen LogP contribution in [-0.2, 0) is 21.2 Å². The standard InChI is InChI=1S/C24H29N7O5S/c1-17-11-22(28-24(27-17)29-8-7-25-15-29)31-10-9-30(37(2,33)34)14-19(31)13-23(32)26-6-5-18-3-4-20-21(12-18)36-16-35-20/h3-4,7-8,11-12,15,19H,5-6,9-10,13-14,16H2,1-2H3,(H,26,32). The van der Waals surface area contributed by atoms with Gasteiger partial charge in [-0.05, 0) is 31.0 Å². The molecule has 13 heteroatoms. The summed E-state index contributed by atoms with van der Waals surface area (Å²) in [6.07, 6.45) is 6.96. The van der Waals surface area contributed by atoms with Crippen LogP contribution in [0, 0.1) is 6.92 Å². The Morgan fingerprint density at radius 3 is 2.78 bits per heavy atom. The van der Waals surface area contributed by atoms with Crippen molar-refractivity contribution in [2.45, 2.75) is 25.8 Å². The largest absolute Gasteiger partial charge is 0.454 e. The minimum Gasteiger partial charge on any atom is -0.454 e. The molecule has 0 aliphatic carbocycles. The highest BCUT2D eigenvalue weighted by Gasteiger charge is 2.33. The molecule has 0 bridgehead atoms. The topological polar surface area (TPSA) is 132 Å². The molecule has 1 aromatic carbocycles. The number of imidazole rings is 1. The molecule has 12 nitrogen and oxygen atoms in total. The fraction of sp³-hybridized carbons (Fsp3) is 0.417. The van der Waals surface area contributed by atoms with E-state index in [4.69, 9.17) is 14.5 Å². The normalized spacial score (nSPS) is 17.7. The van der Waals surface area contributed by atoms with Gasteiger partial charge in [0.25, 0.3) is 0 Å². The Labute approximate surface area is 215 Å². The van der Waals surface area contributed by atoms with Crippen LogP contribution in [0.25, 0.3) is 5.95 Å². The summed E-state index contributed by atoms with van der Waals surface area (Å²) >= 11 is 0. The van der Waals surface area contributed by atoms with Crippen molar-refractivity contribution < 1.29 is 22.7 Å². The van der Waals surface area contributed by atoms with Gasteiger partial charge in [0.2, 0.25) is 28.7 Å². The molecule has 0 saturated carbocycles. The smallest absolute Gasteiger partial charge is 0.237 e. The molecule has 1 amide bonds.